The molecule has 1 saturated carbocycles. The van der Waals surface area contributed by atoms with Crippen LogP contribution in [0.25, 0.3) is 0 Å². The van der Waals surface area contributed by atoms with Crippen molar-refractivity contribution in [2.75, 3.05) is 13.2 Å². The van der Waals surface area contributed by atoms with Gasteiger partial charge in [0.1, 0.15) is 0 Å². The number of fused-ring (bicyclic) bond motifs is 1. The third-order valence-corrected chi connectivity index (χ3v) is 4.76. The summed E-state index contributed by atoms with van der Waals surface area (Å²) in [6.07, 6.45) is 8.87. The molecule has 0 aromatic rings. The molecule has 2 fully saturated rings. The van der Waals surface area contributed by atoms with Crippen molar-refractivity contribution in [3.63, 3.8) is 0 Å². The number of rotatable bonds is 0. The molecule has 2 atom stereocenters. The largest absolute Gasteiger partial charge is 0.344 e. The van der Waals surface area contributed by atoms with E-state index in [4.69, 9.17) is 9.47 Å². The van der Waals surface area contributed by atoms with Gasteiger partial charge in [-0.2, -0.15) is 0 Å². The molecule has 3 rings (SSSR count). The highest BCUT2D eigenvalue weighted by molar-refractivity contribution is 5.24. The van der Waals surface area contributed by atoms with E-state index in [-0.39, 0.29) is 5.79 Å². The molecular weight excluding hydrogens is 200 g/mol. The summed E-state index contributed by atoms with van der Waals surface area (Å²) in [5.74, 6) is 0.119. The van der Waals surface area contributed by atoms with E-state index < -0.39 is 0 Å². The molecule has 90 valence electrons. The zero-order valence-corrected chi connectivity index (χ0v) is 10.4. The molecular formula is C14H22O2. The molecule has 0 amide bonds. The first-order valence-corrected chi connectivity index (χ1v) is 6.65. The SMILES string of the molecule is CC1C[C@@]2(C)CCCCC2=CC12OCCO2. The predicted molar refractivity (Wildman–Crippen MR) is 63.1 cm³/mol. The monoisotopic (exact) mass is 222 g/mol. The number of ether oxygens (including phenoxy) is 2. The van der Waals surface area contributed by atoms with Gasteiger partial charge in [0.2, 0.25) is 0 Å². The smallest absolute Gasteiger partial charge is 0.190 e. The normalized spacial score (nSPS) is 41.9. The molecule has 16 heavy (non-hydrogen) atoms. The summed E-state index contributed by atoms with van der Waals surface area (Å²) in [4.78, 5) is 0. The number of hydrogen-bond acceptors (Lipinski definition) is 2. The Kier molecular flexibility index (Phi) is 2.41. The van der Waals surface area contributed by atoms with E-state index in [1.54, 1.807) is 5.57 Å². The van der Waals surface area contributed by atoms with Crippen LogP contribution in [-0.2, 0) is 9.47 Å². The molecule has 3 aliphatic rings. The molecule has 1 heterocycles. The second-order valence-corrected chi connectivity index (χ2v) is 5.96. The van der Waals surface area contributed by atoms with E-state index >= 15 is 0 Å². The fraction of sp³-hybridized carbons (Fsp3) is 0.857. The molecule has 0 bridgehead atoms. The van der Waals surface area contributed by atoms with Gasteiger partial charge in [0, 0.05) is 5.92 Å². The summed E-state index contributed by atoms with van der Waals surface area (Å²) < 4.78 is 11.8. The van der Waals surface area contributed by atoms with Crippen LogP contribution in [0.4, 0.5) is 0 Å². The van der Waals surface area contributed by atoms with Gasteiger partial charge in [-0.3, -0.25) is 0 Å². The van der Waals surface area contributed by atoms with Crippen molar-refractivity contribution in [1.82, 2.24) is 0 Å². The van der Waals surface area contributed by atoms with E-state index in [9.17, 15) is 0 Å². The maximum atomic E-state index is 5.89. The van der Waals surface area contributed by atoms with Gasteiger partial charge in [-0.1, -0.05) is 25.8 Å². The Morgan fingerprint density at radius 1 is 1.25 bits per heavy atom. The fourth-order valence-corrected chi connectivity index (χ4v) is 3.79. The van der Waals surface area contributed by atoms with Gasteiger partial charge < -0.3 is 9.47 Å². The van der Waals surface area contributed by atoms with Crippen molar-refractivity contribution in [3.05, 3.63) is 11.6 Å². The van der Waals surface area contributed by atoms with Gasteiger partial charge >= 0.3 is 0 Å². The Morgan fingerprint density at radius 2 is 2.00 bits per heavy atom. The second-order valence-electron chi connectivity index (χ2n) is 5.96. The van der Waals surface area contributed by atoms with Crippen LogP contribution in [0.15, 0.2) is 11.6 Å². The van der Waals surface area contributed by atoms with Crippen LogP contribution in [-0.4, -0.2) is 19.0 Å². The van der Waals surface area contributed by atoms with Gasteiger partial charge in [-0.25, -0.2) is 0 Å². The van der Waals surface area contributed by atoms with Crippen LogP contribution in [0.1, 0.15) is 46.0 Å². The van der Waals surface area contributed by atoms with Crippen molar-refractivity contribution >= 4 is 0 Å². The van der Waals surface area contributed by atoms with Gasteiger partial charge in [0.15, 0.2) is 5.79 Å². The highest BCUT2D eigenvalue weighted by Gasteiger charge is 2.49. The topological polar surface area (TPSA) is 18.5 Å². The molecule has 0 radical (unpaired) electrons. The van der Waals surface area contributed by atoms with Crippen LogP contribution >= 0.6 is 0 Å². The van der Waals surface area contributed by atoms with Crippen molar-refractivity contribution in [2.45, 2.75) is 51.7 Å². The van der Waals surface area contributed by atoms with Gasteiger partial charge in [0.25, 0.3) is 0 Å². The third kappa shape index (κ3) is 1.46. The van der Waals surface area contributed by atoms with Crippen molar-refractivity contribution < 1.29 is 9.47 Å². The average Bonchev–Trinajstić information content (AvgIpc) is 2.70. The number of hydrogen-bond donors (Lipinski definition) is 0. The molecule has 2 heteroatoms. The summed E-state index contributed by atoms with van der Waals surface area (Å²) in [5.41, 5.74) is 2.02. The lowest BCUT2D eigenvalue weighted by molar-refractivity contribution is -0.167. The molecule has 2 aliphatic carbocycles. The van der Waals surface area contributed by atoms with Crippen molar-refractivity contribution in [1.29, 1.82) is 0 Å². The zero-order valence-electron chi connectivity index (χ0n) is 10.4. The minimum atomic E-state index is -0.369. The summed E-state index contributed by atoms with van der Waals surface area (Å²) >= 11 is 0. The maximum Gasteiger partial charge on any atom is 0.190 e. The van der Waals surface area contributed by atoms with Crippen LogP contribution in [0, 0.1) is 11.3 Å². The standard InChI is InChI=1S/C14H22O2/c1-11-9-13(2)6-4-3-5-12(13)10-14(11)15-7-8-16-14/h10-11H,3-9H2,1-2H3/t11?,13-/m1/s1. The molecule has 2 nitrogen and oxygen atoms in total. The van der Waals surface area contributed by atoms with Crippen LogP contribution in [0.2, 0.25) is 0 Å². The van der Waals surface area contributed by atoms with Crippen LogP contribution in [0.5, 0.6) is 0 Å². The predicted octanol–water partition coefficient (Wildman–Crippen LogP) is 3.28. The first kappa shape index (κ1) is 10.8. The Labute approximate surface area is 98.0 Å². The lowest BCUT2D eigenvalue weighted by atomic mass is 9.62. The Hall–Kier alpha value is -0.340. The first-order valence-electron chi connectivity index (χ1n) is 6.65. The zero-order chi connectivity index (χ0) is 11.2. The highest BCUT2D eigenvalue weighted by atomic mass is 16.7. The molecule has 1 spiro atoms. The lowest BCUT2D eigenvalue weighted by Gasteiger charge is -2.47. The summed E-state index contributed by atoms with van der Waals surface area (Å²) in [6, 6.07) is 0. The van der Waals surface area contributed by atoms with Crippen LogP contribution < -0.4 is 0 Å². The molecule has 0 aromatic carbocycles. The van der Waals surface area contributed by atoms with Gasteiger partial charge in [-0.05, 0) is 37.2 Å². The van der Waals surface area contributed by atoms with E-state index in [2.05, 4.69) is 19.9 Å². The highest BCUT2D eigenvalue weighted by Crippen LogP contribution is 2.53. The molecule has 1 saturated heterocycles. The van der Waals surface area contributed by atoms with E-state index in [1.807, 2.05) is 0 Å². The Bertz CT molecular complexity index is 315. The minimum Gasteiger partial charge on any atom is -0.344 e. The number of allylic oxidation sites excluding steroid dienone is 1. The van der Waals surface area contributed by atoms with Gasteiger partial charge in [0.05, 0.1) is 13.2 Å². The Morgan fingerprint density at radius 3 is 2.75 bits per heavy atom. The fourth-order valence-electron chi connectivity index (χ4n) is 3.79. The van der Waals surface area contributed by atoms with E-state index in [1.165, 1.54) is 32.1 Å². The summed E-state index contributed by atoms with van der Waals surface area (Å²) in [5, 5.41) is 0. The quantitative estimate of drug-likeness (QED) is 0.586. The molecule has 1 aliphatic heterocycles. The molecule has 0 N–H and O–H groups in total. The molecule has 1 unspecified atom stereocenters. The van der Waals surface area contributed by atoms with Crippen molar-refractivity contribution in [3.8, 4) is 0 Å². The lowest BCUT2D eigenvalue weighted by Crippen LogP contribution is -2.44. The minimum absolute atomic E-state index is 0.369. The first-order chi connectivity index (χ1) is 7.65. The molecule has 0 aromatic heterocycles. The Balaban J connectivity index is 1.97. The van der Waals surface area contributed by atoms with Gasteiger partial charge in [-0.15, -0.1) is 0 Å². The maximum absolute atomic E-state index is 5.89. The van der Waals surface area contributed by atoms with Crippen LogP contribution in [0.3, 0.4) is 0 Å². The van der Waals surface area contributed by atoms with E-state index in [0.29, 0.717) is 11.3 Å². The summed E-state index contributed by atoms with van der Waals surface area (Å²) in [7, 11) is 0. The van der Waals surface area contributed by atoms with E-state index in [0.717, 1.165) is 13.2 Å². The van der Waals surface area contributed by atoms with Crippen molar-refractivity contribution in [2.24, 2.45) is 11.3 Å². The third-order valence-electron chi connectivity index (χ3n) is 4.76. The summed E-state index contributed by atoms with van der Waals surface area (Å²) in [6.45, 7) is 6.21. The average molecular weight is 222 g/mol. The second kappa shape index (κ2) is 3.58.